The summed E-state index contributed by atoms with van der Waals surface area (Å²) < 4.78 is 13.5. The van der Waals surface area contributed by atoms with Crippen LogP contribution in [-0.2, 0) is 11.2 Å². The van der Waals surface area contributed by atoms with Gasteiger partial charge in [-0.25, -0.2) is 9.37 Å². The second-order valence-corrected chi connectivity index (χ2v) is 6.88. The maximum absolute atomic E-state index is 13.5. The van der Waals surface area contributed by atoms with Crippen molar-refractivity contribution in [1.29, 1.82) is 0 Å². The molecule has 2 radical (unpaired) electrons. The SMILES string of the molecule is [B]c1ccc2nc(-c3ccc(F)c(Cl)c3)c(CC(=O)NC(C)C)cc2c1. The van der Waals surface area contributed by atoms with Gasteiger partial charge in [-0.1, -0.05) is 29.2 Å². The number of pyridine rings is 1. The van der Waals surface area contributed by atoms with Crippen LogP contribution in [0.3, 0.4) is 0 Å². The van der Waals surface area contributed by atoms with Crippen LogP contribution in [0.15, 0.2) is 42.5 Å². The predicted molar refractivity (Wildman–Crippen MR) is 105 cm³/mol. The first kappa shape index (κ1) is 18.4. The minimum Gasteiger partial charge on any atom is -0.354 e. The van der Waals surface area contributed by atoms with E-state index in [1.165, 1.54) is 12.1 Å². The molecule has 0 saturated heterocycles. The van der Waals surface area contributed by atoms with Crippen LogP contribution < -0.4 is 10.8 Å². The lowest BCUT2D eigenvalue weighted by atomic mass is 9.93. The minimum absolute atomic E-state index is 0.0132. The summed E-state index contributed by atoms with van der Waals surface area (Å²) in [6.45, 7) is 3.80. The van der Waals surface area contributed by atoms with Crippen molar-refractivity contribution in [2.45, 2.75) is 26.3 Å². The Morgan fingerprint density at radius 2 is 2.00 bits per heavy atom. The summed E-state index contributed by atoms with van der Waals surface area (Å²) in [7, 11) is 5.86. The molecular formula is C20H17BClFN2O. The second kappa shape index (κ2) is 7.46. The summed E-state index contributed by atoms with van der Waals surface area (Å²) in [4.78, 5) is 17.0. The molecule has 2 aromatic carbocycles. The first-order valence-electron chi connectivity index (χ1n) is 8.27. The maximum atomic E-state index is 13.5. The van der Waals surface area contributed by atoms with Crippen LogP contribution in [0.4, 0.5) is 4.39 Å². The van der Waals surface area contributed by atoms with Crippen LogP contribution in [0, 0.1) is 5.82 Å². The first-order chi connectivity index (χ1) is 12.3. The van der Waals surface area contributed by atoms with Crippen molar-refractivity contribution in [1.82, 2.24) is 10.3 Å². The Balaban J connectivity index is 2.14. The maximum Gasteiger partial charge on any atom is 0.224 e. The lowest BCUT2D eigenvalue weighted by molar-refractivity contribution is -0.120. The van der Waals surface area contributed by atoms with Gasteiger partial charge in [0.25, 0.3) is 0 Å². The molecule has 0 unspecified atom stereocenters. The number of hydrogen-bond donors (Lipinski definition) is 1. The van der Waals surface area contributed by atoms with E-state index in [4.69, 9.17) is 19.4 Å². The molecule has 0 aliphatic carbocycles. The first-order valence-corrected chi connectivity index (χ1v) is 8.65. The largest absolute Gasteiger partial charge is 0.354 e. The van der Waals surface area contributed by atoms with Gasteiger partial charge in [0, 0.05) is 11.6 Å². The van der Waals surface area contributed by atoms with Gasteiger partial charge in [-0.15, -0.1) is 0 Å². The summed E-state index contributed by atoms with van der Waals surface area (Å²) in [6, 6.07) is 11.8. The van der Waals surface area contributed by atoms with Gasteiger partial charge in [-0.2, -0.15) is 0 Å². The van der Waals surface area contributed by atoms with Gasteiger partial charge >= 0.3 is 0 Å². The molecule has 0 aliphatic rings. The molecule has 0 spiro atoms. The van der Waals surface area contributed by atoms with Crippen molar-refractivity contribution in [3.8, 4) is 11.3 Å². The lowest BCUT2D eigenvalue weighted by Crippen LogP contribution is -2.31. The van der Waals surface area contributed by atoms with Gasteiger partial charge in [0.1, 0.15) is 13.7 Å². The van der Waals surface area contributed by atoms with Crippen LogP contribution >= 0.6 is 11.6 Å². The Morgan fingerprint density at radius 3 is 2.69 bits per heavy atom. The highest BCUT2D eigenvalue weighted by Crippen LogP contribution is 2.29. The molecule has 1 heterocycles. The van der Waals surface area contributed by atoms with Crippen molar-refractivity contribution < 1.29 is 9.18 Å². The van der Waals surface area contributed by atoms with Crippen molar-refractivity contribution in [3.63, 3.8) is 0 Å². The van der Waals surface area contributed by atoms with E-state index in [1.54, 1.807) is 12.1 Å². The van der Waals surface area contributed by atoms with Crippen molar-refractivity contribution in [2.75, 3.05) is 0 Å². The molecule has 130 valence electrons. The molecule has 3 aromatic rings. The number of hydrogen-bond acceptors (Lipinski definition) is 2. The molecule has 0 atom stereocenters. The smallest absolute Gasteiger partial charge is 0.224 e. The van der Waals surface area contributed by atoms with E-state index in [0.29, 0.717) is 16.7 Å². The molecule has 0 aliphatic heterocycles. The molecule has 0 saturated carbocycles. The molecule has 0 bridgehead atoms. The van der Waals surface area contributed by atoms with E-state index in [2.05, 4.69) is 10.3 Å². The van der Waals surface area contributed by atoms with E-state index in [1.807, 2.05) is 32.0 Å². The number of fused-ring (bicyclic) bond motifs is 1. The quantitative estimate of drug-likeness (QED) is 0.718. The van der Waals surface area contributed by atoms with Crippen LogP contribution in [0.2, 0.25) is 5.02 Å². The summed E-state index contributed by atoms with van der Waals surface area (Å²) in [5.41, 5.74) is 3.34. The molecule has 3 nitrogen and oxygen atoms in total. The van der Waals surface area contributed by atoms with Crippen LogP contribution in [0.1, 0.15) is 19.4 Å². The fourth-order valence-electron chi connectivity index (χ4n) is 2.81. The number of carbonyl (C=O) groups excluding carboxylic acids is 1. The number of benzene rings is 2. The molecule has 1 amide bonds. The average Bonchev–Trinajstić information content (AvgIpc) is 2.56. The van der Waals surface area contributed by atoms with E-state index in [0.717, 1.165) is 16.5 Å². The van der Waals surface area contributed by atoms with Gasteiger partial charge in [0.15, 0.2) is 0 Å². The third kappa shape index (κ3) is 4.05. The fraction of sp³-hybridized carbons (Fsp3) is 0.200. The van der Waals surface area contributed by atoms with Gasteiger partial charge in [0.05, 0.1) is 22.7 Å². The summed E-state index contributed by atoms with van der Waals surface area (Å²) in [5, 5.41) is 3.73. The van der Waals surface area contributed by atoms with E-state index in [9.17, 15) is 9.18 Å². The third-order valence-corrected chi connectivity index (χ3v) is 4.20. The highest BCUT2D eigenvalue weighted by atomic mass is 35.5. The zero-order chi connectivity index (χ0) is 18.8. The summed E-state index contributed by atoms with van der Waals surface area (Å²) >= 11 is 5.93. The van der Waals surface area contributed by atoms with Crippen molar-refractivity contribution >= 4 is 41.7 Å². The third-order valence-electron chi connectivity index (χ3n) is 3.91. The Bertz CT molecular complexity index is 991. The highest BCUT2D eigenvalue weighted by molar-refractivity contribution is 6.33. The number of amides is 1. The summed E-state index contributed by atoms with van der Waals surface area (Å²) in [5.74, 6) is -0.609. The lowest BCUT2D eigenvalue weighted by Gasteiger charge is -2.13. The standard InChI is InChI=1S/C20H17BClFN2O/c1-11(2)24-19(26)10-14-7-13-8-15(21)4-6-18(13)25-20(14)12-3-5-17(23)16(22)9-12/h3-9,11H,10H2,1-2H3,(H,24,26). The Kier molecular flexibility index (Phi) is 5.28. The zero-order valence-corrected chi connectivity index (χ0v) is 15.3. The number of halogens is 2. The second-order valence-electron chi connectivity index (χ2n) is 6.48. The molecule has 6 heteroatoms. The van der Waals surface area contributed by atoms with Gasteiger partial charge in [-0.3, -0.25) is 4.79 Å². The molecular weight excluding hydrogens is 349 g/mol. The van der Waals surface area contributed by atoms with Crippen molar-refractivity contribution in [3.05, 3.63) is 58.9 Å². The van der Waals surface area contributed by atoms with Crippen molar-refractivity contribution in [2.24, 2.45) is 0 Å². The number of nitrogens with one attached hydrogen (secondary N) is 1. The number of rotatable bonds is 4. The van der Waals surface area contributed by atoms with Crippen LogP contribution in [0.25, 0.3) is 22.2 Å². The average molecular weight is 367 g/mol. The Hall–Kier alpha value is -2.40. The molecule has 0 fully saturated rings. The number of aromatic nitrogens is 1. The highest BCUT2D eigenvalue weighted by Gasteiger charge is 2.15. The molecule has 3 rings (SSSR count). The Labute approximate surface area is 158 Å². The van der Waals surface area contributed by atoms with E-state index in [-0.39, 0.29) is 23.4 Å². The number of nitrogens with zero attached hydrogens (tertiary/aromatic N) is 1. The molecule has 1 aromatic heterocycles. The van der Waals surface area contributed by atoms with Gasteiger partial charge < -0.3 is 5.32 Å². The van der Waals surface area contributed by atoms with E-state index >= 15 is 0 Å². The number of carbonyl (C=O) groups is 1. The topological polar surface area (TPSA) is 42.0 Å². The normalized spacial score (nSPS) is 11.1. The van der Waals surface area contributed by atoms with Gasteiger partial charge in [0.2, 0.25) is 5.91 Å². The van der Waals surface area contributed by atoms with Crippen LogP contribution in [-0.4, -0.2) is 24.8 Å². The Morgan fingerprint density at radius 1 is 1.23 bits per heavy atom. The van der Waals surface area contributed by atoms with Crippen LogP contribution in [0.5, 0.6) is 0 Å². The minimum atomic E-state index is -0.497. The zero-order valence-electron chi connectivity index (χ0n) is 14.5. The molecule has 26 heavy (non-hydrogen) atoms. The predicted octanol–water partition coefficient (Wildman–Crippen LogP) is 3.56. The fourth-order valence-corrected chi connectivity index (χ4v) is 2.99. The summed E-state index contributed by atoms with van der Waals surface area (Å²) in [6.07, 6.45) is 0.153. The van der Waals surface area contributed by atoms with E-state index < -0.39 is 5.82 Å². The van der Waals surface area contributed by atoms with Gasteiger partial charge in [-0.05, 0) is 55.1 Å². The molecule has 1 N–H and O–H groups in total. The monoisotopic (exact) mass is 366 g/mol.